The molecule has 1 aromatic carbocycles. The Morgan fingerprint density at radius 3 is 2.58 bits per heavy atom. The van der Waals surface area contributed by atoms with E-state index in [1.807, 2.05) is 0 Å². The third-order valence-corrected chi connectivity index (χ3v) is 3.09. The molecule has 5 N–H and O–H groups in total. The predicted molar refractivity (Wildman–Crippen MR) is 71.2 cm³/mol. The summed E-state index contributed by atoms with van der Waals surface area (Å²) in [4.78, 5) is 22.3. The molecule has 0 unspecified atom stereocenters. The molecule has 98 valence electrons. The van der Waals surface area contributed by atoms with Crippen LogP contribution < -0.4 is 11.5 Å². The zero-order valence-corrected chi connectivity index (χ0v) is 11.1. The Bertz CT molecular complexity index is 681. The molecule has 0 fully saturated rings. The van der Waals surface area contributed by atoms with Gasteiger partial charge < -0.3 is 16.6 Å². The zero-order valence-electron chi connectivity index (χ0n) is 9.50. The van der Waals surface area contributed by atoms with Gasteiger partial charge in [0.15, 0.2) is 5.69 Å². The second-order valence-corrected chi connectivity index (χ2v) is 4.54. The molecule has 0 saturated heterocycles. The minimum atomic E-state index is -1.24. The van der Waals surface area contributed by atoms with Gasteiger partial charge in [0, 0.05) is 4.47 Å². The van der Waals surface area contributed by atoms with Gasteiger partial charge in [0.2, 0.25) is 0 Å². The molecule has 1 heterocycles. The van der Waals surface area contributed by atoms with Crippen molar-refractivity contribution in [1.82, 2.24) is 9.78 Å². The van der Waals surface area contributed by atoms with E-state index < -0.39 is 11.9 Å². The Kier molecular flexibility index (Phi) is 3.26. The summed E-state index contributed by atoms with van der Waals surface area (Å²) in [6.45, 7) is 0. The molecule has 0 aliphatic heterocycles. The maximum absolute atomic E-state index is 11.4. The number of aromatic carboxylic acids is 1. The summed E-state index contributed by atoms with van der Waals surface area (Å²) in [7, 11) is 0. The summed E-state index contributed by atoms with van der Waals surface area (Å²) in [6.07, 6.45) is 1.32. The van der Waals surface area contributed by atoms with Gasteiger partial charge in [-0.15, -0.1) is 0 Å². The molecule has 0 bridgehead atoms. The summed E-state index contributed by atoms with van der Waals surface area (Å²) < 4.78 is 1.70. The lowest BCUT2D eigenvalue weighted by Crippen LogP contribution is -2.16. The van der Waals surface area contributed by atoms with Crippen LogP contribution in [-0.4, -0.2) is 26.8 Å². The van der Waals surface area contributed by atoms with Crippen molar-refractivity contribution in [2.45, 2.75) is 0 Å². The molecule has 8 heteroatoms. The molecule has 0 aliphatic carbocycles. The molecule has 0 aliphatic rings. The van der Waals surface area contributed by atoms with Crippen LogP contribution in [0.5, 0.6) is 0 Å². The second kappa shape index (κ2) is 4.73. The van der Waals surface area contributed by atoms with Crippen LogP contribution in [-0.2, 0) is 0 Å². The molecule has 19 heavy (non-hydrogen) atoms. The lowest BCUT2D eigenvalue weighted by molar-refractivity contribution is 0.0691. The van der Waals surface area contributed by atoms with E-state index in [0.717, 1.165) is 0 Å². The fourth-order valence-corrected chi connectivity index (χ4v) is 2.18. The van der Waals surface area contributed by atoms with Crippen molar-refractivity contribution in [1.29, 1.82) is 0 Å². The number of nitrogens with two attached hydrogens (primary N) is 2. The van der Waals surface area contributed by atoms with Crippen LogP contribution in [0, 0.1) is 0 Å². The maximum atomic E-state index is 11.4. The number of benzene rings is 1. The average Bonchev–Trinajstić information content (AvgIpc) is 2.70. The van der Waals surface area contributed by atoms with Crippen molar-refractivity contribution in [2.24, 2.45) is 5.73 Å². The highest BCUT2D eigenvalue weighted by Gasteiger charge is 2.18. The van der Waals surface area contributed by atoms with Gasteiger partial charge in [-0.25, -0.2) is 9.48 Å². The minimum Gasteiger partial charge on any atom is -0.476 e. The molecule has 0 saturated carbocycles. The fourth-order valence-electron chi connectivity index (χ4n) is 1.62. The fraction of sp³-hybridized carbons (Fsp3) is 0. The molecule has 2 aromatic rings. The van der Waals surface area contributed by atoms with Gasteiger partial charge in [-0.1, -0.05) is 6.07 Å². The number of nitrogens with zero attached hydrogens (tertiary/aromatic N) is 2. The number of rotatable bonds is 3. The van der Waals surface area contributed by atoms with Crippen molar-refractivity contribution in [3.63, 3.8) is 0 Å². The molecular weight excluding hydrogens is 316 g/mol. The van der Waals surface area contributed by atoms with Gasteiger partial charge in [0.25, 0.3) is 5.91 Å². The minimum absolute atomic E-state index is 0.00268. The summed E-state index contributed by atoms with van der Waals surface area (Å²) in [5.74, 6) is -1.90. The first kappa shape index (κ1) is 13.1. The van der Waals surface area contributed by atoms with Gasteiger partial charge in [0.1, 0.15) is 0 Å². The van der Waals surface area contributed by atoms with E-state index in [0.29, 0.717) is 10.2 Å². The van der Waals surface area contributed by atoms with Crippen LogP contribution in [0.4, 0.5) is 5.69 Å². The highest BCUT2D eigenvalue weighted by atomic mass is 79.9. The largest absolute Gasteiger partial charge is 0.476 e. The number of anilines is 1. The van der Waals surface area contributed by atoms with Crippen LogP contribution in [0.15, 0.2) is 28.9 Å². The third kappa shape index (κ3) is 2.29. The lowest BCUT2D eigenvalue weighted by atomic mass is 10.1. The Labute approximate surface area is 115 Å². The third-order valence-electron chi connectivity index (χ3n) is 2.43. The number of carbonyl (C=O) groups is 2. The SMILES string of the molecule is NC(=O)c1c(Br)cccc1-n1cc(N)c(C(=O)O)n1. The monoisotopic (exact) mass is 324 g/mol. The van der Waals surface area contributed by atoms with Crippen molar-refractivity contribution in [3.8, 4) is 5.69 Å². The van der Waals surface area contributed by atoms with E-state index in [2.05, 4.69) is 21.0 Å². The Morgan fingerprint density at radius 2 is 2.05 bits per heavy atom. The van der Waals surface area contributed by atoms with E-state index in [4.69, 9.17) is 16.6 Å². The van der Waals surface area contributed by atoms with Crippen LogP contribution in [0.25, 0.3) is 5.69 Å². The van der Waals surface area contributed by atoms with Gasteiger partial charge in [-0.3, -0.25) is 4.79 Å². The standard InChI is InChI=1S/C11H9BrN4O3/c12-5-2-1-3-7(8(5)10(14)17)16-4-6(13)9(15-16)11(18)19/h1-4H,13H2,(H2,14,17)(H,18,19). The number of hydrogen-bond acceptors (Lipinski definition) is 4. The molecule has 0 atom stereocenters. The van der Waals surface area contributed by atoms with Crippen molar-refractivity contribution < 1.29 is 14.7 Å². The van der Waals surface area contributed by atoms with Crippen LogP contribution in [0.2, 0.25) is 0 Å². The quantitative estimate of drug-likeness (QED) is 0.777. The smallest absolute Gasteiger partial charge is 0.358 e. The predicted octanol–water partition coefficient (Wildman–Crippen LogP) is 1.01. The molecule has 1 amide bonds. The van der Waals surface area contributed by atoms with Gasteiger partial charge in [0.05, 0.1) is 23.1 Å². The molecule has 7 nitrogen and oxygen atoms in total. The molecule has 0 spiro atoms. The summed E-state index contributed by atoms with van der Waals surface area (Å²) in [6, 6.07) is 4.90. The summed E-state index contributed by atoms with van der Waals surface area (Å²) in [5.41, 5.74) is 11.1. The number of hydrogen-bond donors (Lipinski definition) is 3. The lowest BCUT2D eigenvalue weighted by Gasteiger charge is -2.08. The normalized spacial score (nSPS) is 10.4. The van der Waals surface area contributed by atoms with E-state index >= 15 is 0 Å². The Hall–Kier alpha value is -2.35. The van der Waals surface area contributed by atoms with E-state index in [1.54, 1.807) is 18.2 Å². The van der Waals surface area contributed by atoms with E-state index in [9.17, 15) is 9.59 Å². The number of aromatic nitrogens is 2. The number of halogens is 1. The van der Waals surface area contributed by atoms with Crippen molar-refractivity contribution in [2.75, 3.05) is 5.73 Å². The number of nitrogen functional groups attached to an aromatic ring is 1. The highest BCUT2D eigenvalue weighted by Crippen LogP contribution is 2.24. The number of carbonyl (C=O) groups excluding carboxylic acids is 1. The highest BCUT2D eigenvalue weighted by molar-refractivity contribution is 9.10. The number of amides is 1. The molecule has 0 radical (unpaired) electrons. The van der Waals surface area contributed by atoms with Crippen LogP contribution in [0.3, 0.4) is 0 Å². The van der Waals surface area contributed by atoms with Crippen LogP contribution in [0.1, 0.15) is 20.8 Å². The number of primary amides is 1. The van der Waals surface area contributed by atoms with Gasteiger partial charge in [-0.05, 0) is 28.1 Å². The number of carboxylic acid groups (broad SMARTS) is 1. The summed E-state index contributed by atoms with van der Waals surface area (Å²) >= 11 is 3.21. The first-order chi connectivity index (χ1) is 8.91. The van der Waals surface area contributed by atoms with Gasteiger partial charge >= 0.3 is 5.97 Å². The van der Waals surface area contributed by atoms with Crippen molar-refractivity contribution in [3.05, 3.63) is 40.1 Å². The average molecular weight is 325 g/mol. The Morgan fingerprint density at radius 1 is 1.37 bits per heavy atom. The second-order valence-electron chi connectivity index (χ2n) is 3.68. The van der Waals surface area contributed by atoms with E-state index in [1.165, 1.54) is 10.9 Å². The van der Waals surface area contributed by atoms with Crippen LogP contribution >= 0.6 is 15.9 Å². The number of carboxylic acids is 1. The van der Waals surface area contributed by atoms with Gasteiger partial charge in [-0.2, -0.15) is 5.10 Å². The maximum Gasteiger partial charge on any atom is 0.358 e. The van der Waals surface area contributed by atoms with Crippen molar-refractivity contribution >= 4 is 33.5 Å². The molecule has 1 aromatic heterocycles. The first-order valence-corrected chi connectivity index (χ1v) is 5.88. The molecular formula is C11H9BrN4O3. The van der Waals surface area contributed by atoms with E-state index in [-0.39, 0.29) is 16.9 Å². The Balaban J connectivity index is 2.66. The summed E-state index contributed by atoms with van der Waals surface area (Å²) in [5, 5.41) is 12.7. The topological polar surface area (TPSA) is 124 Å². The first-order valence-electron chi connectivity index (χ1n) is 5.09. The molecule has 2 rings (SSSR count). The zero-order chi connectivity index (χ0) is 14.2.